The average molecular weight is 418 g/mol. The molecule has 0 radical (unpaired) electrons. The van der Waals surface area contributed by atoms with Crippen molar-refractivity contribution in [1.82, 2.24) is 0 Å². The van der Waals surface area contributed by atoms with Gasteiger partial charge in [-0.05, 0) is 39.7 Å². The molecule has 3 aromatic carbocycles. The maximum absolute atomic E-state index is 14.2. The maximum Gasteiger partial charge on any atom is 0.270 e. The largest absolute Gasteiger partial charge is 0.486 e. The molecule has 0 aromatic heterocycles. The predicted molar refractivity (Wildman–Crippen MR) is 98.0 cm³/mol. The number of hydrogen-bond acceptors (Lipinski definition) is 4. The second-order valence-corrected chi connectivity index (χ2v) is 6.19. The number of halogens is 2. The van der Waals surface area contributed by atoms with Gasteiger partial charge in [0.05, 0.1) is 9.40 Å². The van der Waals surface area contributed by atoms with Crippen molar-refractivity contribution in [3.05, 3.63) is 92.7 Å². The average Bonchev–Trinajstić information content (AvgIpc) is 2.63. The highest BCUT2D eigenvalue weighted by Gasteiger charge is 2.12. The first-order valence-electron chi connectivity index (χ1n) is 7.61. The first-order chi connectivity index (χ1) is 12.5. The molecule has 0 saturated carbocycles. The topological polar surface area (TPSA) is 61.6 Å². The molecule has 26 heavy (non-hydrogen) atoms. The molecule has 0 N–H and O–H groups in total. The molecule has 0 unspecified atom stereocenters. The van der Waals surface area contributed by atoms with Crippen LogP contribution in [0.3, 0.4) is 0 Å². The smallest absolute Gasteiger partial charge is 0.270 e. The van der Waals surface area contributed by atoms with E-state index in [1.165, 1.54) is 30.3 Å². The molecule has 7 heteroatoms. The molecule has 0 bridgehead atoms. The van der Waals surface area contributed by atoms with Crippen LogP contribution in [0.25, 0.3) is 0 Å². The minimum absolute atomic E-state index is 0.0694. The number of hydrogen-bond donors (Lipinski definition) is 0. The van der Waals surface area contributed by atoms with E-state index in [4.69, 9.17) is 9.47 Å². The lowest BCUT2D eigenvalue weighted by molar-refractivity contribution is -0.384. The van der Waals surface area contributed by atoms with Crippen LogP contribution in [0.1, 0.15) is 5.56 Å². The fourth-order valence-electron chi connectivity index (χ4n) is 2.21. The number of nitro groups is 1. The Bertz CT molecular complexity index is 934. The highest BCUT2D eigenvalue weighted by molar-refractivity contribution is 9.10. The van der Waals surface area contributed by atoms with E-state index >= 15 is 0 Å². The fraction of sp³-hybridized carbons (Fsp3) is 0.0526. The van der Waals surface area contributed by atoms with E-state index in [-0.39, 0.29) is 23.8 Å². The highest BCUT2D eigenvalue weighted by Crippen LogP contribution is 2.34. The molecule has 0 fully saturated rings. The van der Waals surface area contributed by atoms with Crippen LogP contribution in [-0.2, 0) is 6.61 Å². The zero-order valence-corrected chi connectivity index (χ0v) is 15.0. The van der Waals surface area contributed by atoms with Crippen molar-refractivity contribution >= 4 is 21.6 Å². The van der Waals surface area contributed by atoms with E-state index in [2.05, 4.69) is 15.9 Å². The Labute approximate surface area is 157 Å². The van der Waals surface area contributed by atoms with Crippen LogP contribution in [0.15, 0.2) is 71.2 Å². The van der Waals surface area contributed by atoms with Crippen LogP contribution < -0.4 is 9.47 Å². The summed E-state index contributed by atoms with van der Waals surface area (Å²) in [4.78, 5) is 10.2. The highest BCUT2D eigenvalue weighted by atomic mass is 79.9. The summed E-state index contributed by atoms with van der Waals surface area (Å²) >= 11 is 3.21. The Morgan fingerprint density at radius 1 is 1.00 bits per heavy atom. The summed E-state index contributed by atoms with van der Waals surface area (Å²) < 4.78 is 25.7. The van der Waals surface area contributed by atoms with Gasteiger partial charge in [-0.25, -0.2) is 4.39 Å². The molecule has 0 aliphatic rings. The standard InChI is InChI=1S/C19H13BrFNO4/c20-16-10-14(22(23)24)6-8-18(16)26-15-7-9-19(17(21)11-15)25-12-13-4-2-1-3-5-13/h1-11H,12H2. The van der Waals surface area contributed by atoms with Crippen molar-refractivity contribution in [2.75, 3.05) is 0 Å². The van der Waals surface area contributed by atoms with Crippen LogP contribution in [0.4, 0.5) is 10.1 Å². The second-order valence-electron chi connectivity index (χ2n) is 5.34. The predicted octanol–water partition coefficient (Wildman–Crippen LogP) is 5.87. The first kappa shape index (κ1) is 17.9. The van der Waals surface area contributed by atoms with Crippen LogP contribution in [0.5, 0.6) is 17.2 Å². The molecular weight excluding hydrogens is 405 g/mol. The van der Waals surface area contributed by atoms with Gasteiger partial charge in [0.2, 0.25) is 0 Å². The third kappa shape index (κ3) is 4.37. The van der Waals surface area contributed by atoms with Gasteiger partial charge >= 0.3 is 0 Å². The molecule has 0 spiro atoms. The number of non-ortho nitro benzene ring substituents is 1. The van der Waals surface area contributed by atoms with Crippen molar-refractivity contribution in [1.29, 1.82) is 0 Å². The van der Waals surface area contributed by atoms with Gasteiger partial charge in [-0.3, -0.25) is 10.1 Å². The van der Waals surface area contributed by atoms with Crippen molar-refractivity contribution < 1.29 is 18.8 Å². The monoisotopic (exact) mass is 417 g/mol. The molecule has 0 aliphatic heterocycles. The molecule has 0 atom stereocenters. The van der Waals surface area contributed by atoms with E-state index in [0.717, 1.165) is 5.56 Å². The van der Waals surface area contributed by atoms with Crippen molar-refractivity contribution in [3.8, 4) is 17.2 Å². The maximum atomic E-state index is 14.2. The van der Waals surface area contributed by atoms with E-state index in [1.54, 1.807) is 6.07 Å². The summed E-state index contributed by atoms with van der Waals surface area (Å²) in [5.74, 6) is 0.150. The van der Waals surface area contributed by atoms with Gasteiger partial charge in [0, 0.05) is 18.2 Å². The summed E-state index contributed by atoms with van der Waals surface area (Å²) in [5, 5.41) is 10.7. The van der Waals surface area contributed by atoms with E-state index in [9.17, 15) is 14.5 Å². The zero-order chi connectivity index (χ0) is 18.5. The lowest BCUT2D eigenvalue weighted by Gasteiger charge is -2.11. The van der Waals surface area contributed by atoms with Crippen LogP contribution in [0, 0.1) is 15.9 Å². The number of ether oxygens (including phenoxy) is 2. The lowest BCUT2D eigenvalue weighted by atomic mass is 10.2. The van der Waals surface area contributed by atoms with Crippen molar-refractivity contribution in [3.63, 3.8) is 0 Å². The van der Waals surface area contributed by atoms with Gasteiger partial charge in [0.15, 0.2) is 11.6 Å². The quantitative estimate of drug-likeness (QED) is 0.371. The van der Waals surface area contributed by atoms with Crippen LogP contribution >= 0.6 is 15.9 Å². The Morgan fingerprint density at radius 3 is 2.38 bits per heavy atom. The van der Waals surface area contributed by atoms with Gasteiger partial charge in [0.25, 0.3) is 5.69 Å². The van der Waals surface area contributed by atoms with Gasteiger partial charge in [-0.1, -0.05) is 30.3 Å². The number of benzene rings is 3. The van der Waals surface area contributed by atoms with Crippen LogP contribution in [0.2, 0.25) is 0 Å². The Hall–Kier alpha value is -2.93. The van der Waals surface area contributed by atoms with E-state index in [0.29, 0.717) is 10.2 Å². The van der Waals surface area contributed by atoms with E-state index < -0.39 is 10.7 Å². The third-order valence-electron chi connectivity index (χ3n) is 3.49. The van der Waals surface area contributed by atoms with Gasteiger partial charge in [-0.2, -0.15) is 0 Å². The molecule has 0 aliphatic carbocycles. The normalized spacial score (nSPS) is 10.4. The zero-order valence-electron chi connectivity index (χ0n) is 13.4. The molecule has 0 saturated heterocycles. The van der Waals surface area contributed by atoms with Gasteiger partial charge in [-0.15, -0.1) is 0 Å². The fourth-order valence-corrected chi connectivity index (χ4v) is 2.66. The third-order valence-corrected chi connectivity index (χ3v) is 4.11. The van der Waals surface area contributed by atoms with E-state index in [1.807, 2.05) is 30.3 Å². The Kier molecular flexibility index (Phi) is 5.48. The number of nitrogens with zero attached hydrogens (tertiary/aromatic N) is 1. The minimum atomic E-state index is -0.559. The number of rotatable bonds is 6. The summed E-state index contributed by atoms with van der Waals surface area (Å²) in [6, 6.07) is 17.8. The first-order valence-corrected chi connectivity index (χ1v) is 8.40. The number of nitro benzene ring substituents is 1. The van der Waals surface area contributed by atoms with Crippen LogP contribution in [-0.4, -0.2) is 4.92 Å². The lowest BCUT2D eigenvalue weighted by Crippen LogP contribution is -1.97. The molecule has 3 rings (SSSR count). The minimum Gasteiger partial charge on any atom is -0.486 e. The van der Waals surface area contributed by atoms with Gasteiger partial charge in [0.1, 0.15) is 18.1 Å². The summed E-state index contributed by atoms with van der Waals surface area (Å²) in [6.45, 7) is 0.256. The Balaban J connectivity index is 1.70. The summed E-state index contributed by atoms with van der Waals surface area (Å²) in [7, 11) is 0. The molecular formula is C19H13BrFNO4. The summed E-state index contributed by atoms with van der Waals surface area (Å²) in [5.41, 5.74) is 0.863. The molecule has 3 aromatic rings. The molecule has 0 heterocycles. The van der Waals surface area contributed by atoms with Crippen molar-refractivity contribution in [2.45, 2.75) is 6.61 Å². The van der Waals surface area contributed by atoms with Crippen molar-refractivity contribution in [2.24, 2.45) is 0 Å². The molecule has 0 amide bonds. The second kappa shape index (κ2) is 7.97. The van der Waals surface area contributed by atoms with Gasteiger partial charge < -0.3 is 9.47 Å². The Morgan fingerprint density at radius 2 is 1.73 bits per heavy atom. The SMILES string of the molecule is O=[N+]([O-])c1ccc(Oc2ccc(OCc3ccccc3)c(F)c2)c(Br)c1. The summed E-state index contributed by atoms with van der Waals surface area (Å²) in [6.07, 6.45) is 0. The molecule has 132 valence electrons. The molecule has 5 nitrogen and oxygen atoms in total.